The summed E-state index contributed by atoms with van der Waals surface area (Å²) in [6, 6.07) is 16.0. The maximum atomic E-state index is 12.4. The van der Waals surface area contributed by atoms with Crippen LogP contribution in [0.2, 0.25) is 0 Å². The summed E-state index contributed by atoms with van der Waals surface area (Å²) >= 11 is 0. The van der Waals surface area contributed by atoms with E-state index in [9.17, 15) is 19.5 Å². The number of nitrogens with one attached hydrogen (secondary N) is 2. The Balaban J connectivity index is 1.27. The zero-order valence-corrected chi connectivity index (χ0v) is 17.5. The standard InChI is InChI=1S/C24H26N2O6/c27-21(23(29)30)12-25-22(28)14-9-10-15(11-14)26-24(31)32-13-20-18-7-3-1-5-16(18)17-6-2-4-8-19(17)20/h1-8,14-15,20-21,27H,9-13H2,(H,25,28)(H,26,31)(H,29,30)/t14?,15?,21-/m0/s1. The summed E-state index contributed by atoms with van der Waals surface area (Å²) in [7, 11) is 0. The molecule has 2 aromatic rings. The van der Waals surface area contributed by atoms with Crippen molar-refractivity contribution < 1.29 is 29.3 Å². The van der Waals surface area contributed by atoms with Crippen LogP contribution in [0.15, 0.2) is 48.5 Å². The molecule has 168 valence electrons. The first-order valence-corrected chi connectivity index (χ1v) is 10.7. The number of aliphatic carboxylic acids is 1. The zero-order valence-electron chi connectivity index (χ0n) is 17.5. The van der Waals surface area contributed by atoms with E-state index in [1.54, 1.807) is 0 Å². The van der Waals surface area contributed by atoms with Crippen molar-refractivity contribution in [1.29, 1.82) is 0 Å². The molecule has 3 atom stereocenters. The van der Waals surface area contributed by atoms with Crippen molar-refractivity contribution in [2.24, 2.45) is 5.92 Å². The van der Waals surface area contributed by atoms with E-state index >= 15 is 0 Å². The van der Waals surface area contributed by atoms with Crippen LogP contribution in [-0.2, 0) is 14.3 Å². The fourth-order valence-corrected chi connectivity index (χ4v) is 4.59. The lowest BCUT2D eigenvalue weighted by atomic mass is 9.98. The lowest BCUT2D eigenvalue weighted by Gasteiger charge is -2.17. The largest absolute Gasteiger partial charge is 0.479 e. The van der Waals surface area contributed by atoms with Crippen molar-refractivity contribution >= 4 is 18.0 Å². The van der Waals surface area contributed by atoms with Crippen LogP contribution in [0.1, 0.15) is 36.3 Å². The number of carboxylic acid groups (broad SMARTS) is 1. The SMILES string of the molecule is O=C(NC1CCC(C(=O)NC[C@H](O)C(=O)O)C1)OCC1c2ccccc2-c2ccccc21. The summed E-state index contributed by atoms with van der Waals surface area (Å²) in [5.41, 5.74) is 4.61. The lowest BCUT2D eigenvalue weighted by molar-refractivity contribution is -0.146. The van der Waals surface area contributed by atoms with Gasteiger partial charge in [-0.05, 0) is 41.5 Å². The Morgan fingerprint density at radius 3 is 2.25 bits per heavy atom. The van der Waals surface area contributed by atoms with E-state index < -0.39 is 18.2 Å². The Bertz CT molecular complexity index is 978. The van der Waals surface area contributed by atoms with Crippen molar-refractivity contribution in [3.63, 3.8) is 0 Å². The van der Waals surface area contributed by atoms with Gasteiger partial charge in [0.2, 0.25) is 5.91 Å². The number of amides is 2. The molecule has 8 heteroatoms. The van der Waals surface area contributed by atoms with Gasteiger partial charge in [-0.2, -0.15) is 0 Å². The molecule has 4 rings (SSSR count). The van der Waals surface area contributed by atoms with Gasteiger partial charge in [0.1, 0.15) is 6.61 Å². The fraction of sp³-hybridized carbons (Fsp3) is 0.375. The highest BCUT2D eigenvalue weighted by Crippen LogP contribution is 2.44. The van der Waals surface area contributed by atoms with E-state index in [1.165, 1.54) is 0 Å². The lowest BCUT2D eigenvalue weighted by Crippen LogP contribution is -2.39. The fourth-order valence-electron chi connectivity index (χ4n) is 4.59. The number of alkyl carbamates (subject to hydrolysis) is 1. The normalized spacial score (nSPS) is 20.2. The van der Waals surface area contributed by atoms with Gasteiger partial charge in [0.25, 0.3) is 0 Å². The third-order valence-electron chi connectivity index (χ3n) is 6.22. The quantitative estimate of drug-likeness (QED) is 0.526. The molecule has 2 aliphatic rings. The number of carbonyl (C=O) groups is 3. The van der Waals surface area contributed by atoms with Gasteiger partial charge in [-0.3, -0.25) is 4.79 Å². The van der Waals surface area contributed by atoms with Crippen LogP contribution in [0, 0.1) is 5.92 Å². The van der Waals surface area contributed by atoms with Gasteiger partial charge >= 0.3 is 12.1 Å². The van der Waals surface area contributed by atoms with E-state index in [1.807, 2.05) is 24.3 Å². The summed E-state index contributed by atoms with van der Waals surface area (Å²) in [5.74, 6) is -2.06. The van der Waals surface area contributed by atoms with Crippen LogP contribution >= 0.6 is 0 Å². The van der Waals surface area contributed by atoms with Gasteiger partial charge < -0.3 is 25.6 Å². The van der Waals surface area contributed by atoms with E-state index in [4.69, 9.17) is 9.84 Å². The molecule has 0 aromatic heterocycles. The molecule has 1 fully saturated rings. The van der Waals surface area contributed by atoms with E-state index in [-0.39, 0.29) is 36.9 Å². The van der Waals surface area contributed by atoms with Crippen LogP contribution in [0.25, 0.3) is 11.1 Å². The molecule has 0 radical (unpaired) electrons. The number of benzene rings is 2. The predicted molar refractivity (Wildman–Crippen MR) is 116 cm³/mol. The molecule has 8 nitrogen and oxygen atoms in total. The maximum Gasteiger partial charge on any atom is 0.407 e. The number of carbonyl (C=O) groups excluding carboxylic acids is 2. The molecule has 4 N–H and O–H groups in total. The topological polar surface area (TPSA) is 125 Å². The van der Waals surface area contributed by atoms with Gasteiger partial charge in [-0.15, -0.1) is 0 Å². The third kappa shape index (κ3) is 4.60. The Labute approximate surface area is 185 Å². The molecule has 2 aliphatic carbocycles. The van der Waals surface area contributed by atoms with E-state index in [0.29, 0.717) is 19.3 Å². The summed E-state index contributed by atoms with van der Waals surface area (Å²) in [4.78, 5) is 35.2. The minimum absolute atomic E-state index is 0.0177. The highest BCUT2D eigenvalue weighted by Gasteiger charge is 2.33. The van der Waals surface area contributed by atoms with Crippen LogP contribution < -0.4 is 10.6 Å². The Morgan fingerprint density at radius 2 is 1.62 bits per heavy atom. The summed E-state index contributed by atoms with van der Waals surface area (Å²) < 4.78 is 5.55. The first-order valence-electron chi connectivity index (χ1n) is 10.7. The molecule has 0 heterocycles. The van der Waals surface area contributed by atoms with Gasteiger partial charge in [0.05, 0.1) is 6.54 Å². The molecule has 32 heavy (non-hydrogen) atoms. The molecule has 0 aliphatic heterocycles. The second-order valence-corrected chi connectivity index (χ2v) is 8.28. The van der Waals surface area contributed by atoms with Gasteiger partial charge in [-0.25, -0.2) is 9.59 Å². The number of fused-ring (bicyclic) bond motifs is 3. The number of aliphatic hydroxyl groups is 1. The van der Waals surface area contributed by atoms with Gasteiger partial charge in [0, 0.05) is 17.9 Å². The average Bonchev–Trinajstić information content (AvgIpc) is 3.38. The molecule has 0 spiro atoms. The second kappa shape index (κ2) is 9.40. The first kappa shape index (κ1) is 21.8. The smallest absolute Gasteiger partial charge is 0.407 e. The zero-order chi connectivity index (χ0) is 22.7. The minimum atomic E-state index is -1.63. The Kier molecular flexibility index (Phi) is 6.41. The van der Waals surface area contributed by atoms with Crippen molar-refractivity contribution in [1.82, 2.24) is 10.6 Å². The summed E-state index contributed by atoms with van der Waals surface area (Å²) in [5, 5.41) is 23.2. The molecule has 0 bridgehead atoms. The average molecular weight is 438 g/mol. The van der Waals surface area contributed by atoms with Gasteiger partial charge in [-0.1, -0.05) is 48.5 Å². The van der Waals surface area contributed by atoms with Crippen LogP contribution in [0.4, 0.5) is 4.79 Å². The van der Waals surface area contributed by atoms with Crippen LogP contribution in [0.3, 0.4) is 0 Å². The molecule has 2 aromatic carbocycles. The Hall–Kier alpha value is -3.39. The summed E-state index contributed by atoms with van der Waals surface area (Å²) in [6.45, 7) is -0.112. The molecule has 0 saturated heterocycles. The predicted octanol–water partition coefficient (Wildman–Crippen LogP) is 2.26. The molecule has 1 saturated carbocycles. The number of ether oxygens (including phenoxy) is 1. The number of hydrogen-bond donors (Lipinski definition) is 4. The highest BCUT2D eigenvalue weighted by molar-refractivity contribution is 5.81. The Morgan fingerprint density at radius 1 is 1.00 bits per heavy atom. The van der Waals surface area contributed by atoms with Crippen molar-refractivity contribution in [2.75, 3.05) is 13.2 Å². The van der Waals surface area contributed by atoms with Crippen LogP contribution in [0.5, 0.6) is 0 Å². The number of carboxylic acids is 1. The monoisotopic (exact) mass is 438 g/mol. The van der Waals surface area contributed by atoms with Crippen molar-refractivity contribution in [2.45, 2.75) is 37.3 Å². The molecular weight excluding hydrogens is 412 g/mol. The number of hydrogen-bond acceptors (Lipinski definition) is 5. The van der Waals surface area contributed by atoms with Gasteiger partial charge in [0.15, 0.2) is 6.10 Å². The number of rotatable bonds is 7. The van der Waals surface area contributed by atoms with Crippen molar-refractivity contribution in [3.05, 3.63) is 59.7 Å². The van der Waals surface area contributed by atoms with Crippen LogP contribution in [-0.4, -0.2) is 53.5 Å². The summed E-state index contributed by atoms with van der Waals surface area (Å²) in [6.07, 6.45) is -0.499. The first-order chi connectivity index (χ1) is 15.4. The maximum absolute atomic E-state index is 12.4. The molecule has 2 unspecified atom stereocenters. The second-order valence-electron chi connectivity index (χ2n) is 8.28. The molecular formula is C24H26N2O6. The third-order valence-corrected chi connectivity index (χ3v) is 6.22. The molecule has 2 amide bonds. The van der Waals surface area contributed by atoms with E-state index in [2.05, 4.69) is 34.9 Å². The van der Waals surface area contributed by atoms with E-state index in [0.717, 1.165) is 22.3 Å². The van der Waals surface area contributed by atoms with Crippen molar-refractivity contribution in [3.8, 4) is 11.1 Å². The minimum Gasteiger partial charge on any atom is -0.479 e. The number of aliphatic hydroxyl groups excluding tert-OH is 1. The highest BCUT2D eigenvalue weighted by atomic mass is 16.5.